The second-order valence-corrected chi connectivity index (χ2v) is 10.8. The van der Waals surface area contributed by atoms with Crippen LogP contribution >= 0.6 is 0 Å². The van der Waals surface area contributed by atoms with Crippen LogP contribution in [0.1, 0.15) is 30.4 Å². The van der Waals surface area contributed by atoms with E-state index in [0.29, 0.717) is 16.9 Å². The van der Waals surface area contributed by atoms with Gasteiger partial charge >= 0.3 is 0 Å². The standard InChI is InChI=1S/C22H35N3O5S/c1-17-13-19(29-4)14-18(2)21(17)31(27,28)24(3)11-12-30-15-20(26)25-10-7-22(16-25)5-8-23-9-6-22/h13-14,23H,5-12,15-16H2,1-4H3. The van der Waals surface area contributed by atoms with Gasteiger partial charge in [0.2, 0.25) is 15.9 Å². The number of nitrogens with one attached hydrogen (secondary N) is 1. The third-order valence-corrected chi connectivity index (χ3v) is 8.73. The largest absolute Gasteiger partial charge is 0.497 e. The van der Waals surface area contributed by atoms with Crippen LogP contribution in [-0.2, 0) is 19.6 Å². The molecule has 0 saturated carbocycles. The van der Waals surface area contributed by atoms with Crippen molar-refractivity contribution in [2.75, 3.05) is 60.1 Å². The van der Waals surface area contributed by atoms with Crippen molar-refractivity contribution in [3.8, 4) is 5.75 Å². The van der Waals surface area contributed by atoms with Gasteiger partial charge in [-0.3, -0.25) is 4.79 Å². The Morgan fingerprint density at radius 1 is 1.19 bits per heavy atom. The Kier molecular flexibility index (Phi) is 7.62. The molecular formula is C22H35N3O5S. The van der Waals surface area contributed by atoms with E-state index in [4.69, 9.17) is 9.47 Å². The van der Waals surface area contributed by atoms with Gasteiger partial charge in [-0.05, 0) is 74.9 Å². The first-order valence-corrected chi connectivity index (χ1v) is 12.3. The normalized spacial score (nSPS) is 18.7. The van der Waals surface area contributed by atoms with Crippen LogP contribution in [0.2, 0.25) is 0 Å². The number of rotatable bonds is 8. The van der Waals surface area contributed by atoms with E-state index < -0.39 is 10.0 Å². The molecule has 0 aromatic heterocycles. The summed E-state index contributed by atoms with van der Waals surface area (Å²) in [6.07, 6.45) is 3.29. The maximum Gasteiger partial charge on any atom is 0.248 e. The molecule has 0 radical (unpaired) electrons. The summed E-state index contributed by atoms with van der Waals surface area (Å²) in [6.45, 7) is 7.48. The van der Waals surface area contributed by atoms with Gasteiger partial charge in [0.05, 0.1) is 18.6 Å². The van der Waals surface area contributed by atoms with Crippen LogP contribution in [0.5, 0.6) is 5.75 Å². The molecule has 1 aromatic carbocycles. The molecule has 2 fully saturated rings. The van der Waals surface area contributed by atoms with Crippen molar-refractivity contribution in [2.24, 2.45) is 5.41 Å². The van der Waals surface area contributed by atoms with E-state index in [1.165, 1.54) is 11.4 Å². The number of benzene rings is 1. The summed E-state index contributed by atoms with van der Waals surface area (Å²) in [7, 11) is -0.574. The zero-order chi connectivity index (χ0) is 22.6. The summed E-state index contributed by atoms with van der Waals surface area (Å²) in [4.78, 5) is 14.7. The highest BCUT2D eigenvalue weighted by Crippen LogP contribution is 2.38. The molecule has 1 N–H and O–H groups in total. The number of likely N-dealkylation sites (N-methyl/N-ethyl adjacent to an activating group) is 1. The highest BCUT2D eigenvalue weighted by molar-refractivity contribution is 7.89. The van der Waals surface area contributed by atoms with Crippen LogP contribution in [0.15, 0.2) is 17.0 Å². The highest BCUT2D eigenvalue weighted by atomic mass is 32.2. The molecule has 31 heavy (non-hydrogen) atoms. The quantitative estimate of drug-likeness (QED) is 0.601. The molecule has 0 atom stereocenters. The van der Waals surface area contributed by atoms with E-state index in [-0.39, 0.29) is 36.0 Å². The molecule has 8 nitrogen and oxygen atoms in total. The number of carbonyl (C=O) groups excluding carboxylic acids is 1. The summed E-state index contributed by atoms with van der Waals surface area (Å²) >= 11 is 0. The minimum absolute atomic E-state index is 0.0111. The fraction of sp³-hybridized carbons (Fsp3) is 0.682. The average molecular weight is 454 g/mol. The lowest BCUT2D eigenvalue weighted by Crippen LogP contribution is -2.40. The molecule has 0 aliphatic carbocycles. The molecule has 2 saturated heterocycles. The van der Waals surface area contributed by atoms with E-state index in [2.05, 4.69) is 5.32 Å². The first-order valence-electron chi connectivity index (χ1n) is 10.9. The number of sulfonamides is 1. The van der Waals surface area contributed by atoms with Gasteiger partial charge in [-0.25, -0.2) is 8.42 Å². The minimum Gasteiger partial charge on any atom is -0.497 e. The van der Waals surface area contributed by atoms with E-state index in [1.807, 2.05) is 4.90 Å². The Morgan fingerprint density at radius 3 is 2.45 bits per heavy atom. The van der Waals surface area contributed by atoms with Crippen molar-refractivity contribution in [3.05, 3.63) is 23.3 Å². The number of likely N-dealkylation sites (tertiary alicyclic amines) is 1. The number of hydrogen-bond donors (Lipinski definition) is 1. The van der Waals surface area contributed by atoms with Gasteiger partial charge in [-0.15, -0.1) is 0 Å². The lowest BCUT2D eigenvalue weighted by molar-refractivity contribution is -0.135. The second kappa shape index (κ2) is 9.85. The molecule has 1 spiro atoms. The second-order valence-electron chi connectivity index (χ2n) is 8.78. The van der Waals surface area contributed by atoms with E-state index in [9.17, 15) is 13.2 Å². The highest BCUT2D eigenvalue weighted by Gasteiger charge is 2.40. The van der Waals surface area contributed by atoms with Crippen molar-refractivity contribution >= 4 is 15.9 Å². The Labute approximate surface area is 185 Å². The smallest absolute Gasteiger partial charge is 0.248 e. The predicted molar refractivity (Wildman–Crippen MR) is 119 cm³/mol. The summed E-state index contributed by atoms with van der Waals surface area (Å²) in [5, 5.41) is 3.38. The number of ether oxygens (including phenoxy) is 2. The molecule has 2 aliphatic heterocycles. The third kappa shape index (κ3) is 5.39. The molecule has 3 rings (SSSR count). The number of piperidine rings is 1. The summed E-state index contributed by atoms with van der Waals surface area (Å²) in [6, 6.07) is 3.43. The molecule has 0 unspecified atom stereocenters. The average Bonchev–Trinajstić information content (AvgIpc) is 3.13. The topological polar surface area (TPSA) is 88.2 Å². The van der Waals surface area contributed by atoms with Gasteiger partial charge in [0, 0.05) is 26.7 Å². The summed E-state index contributed by atoms with van der Waals surface area (Å²) in [5.41, 5.74) is 1.55. The number of nitrogens with zero attached hydrogens (tertiary/aromatic N) is 2. The number of methoxy groups -OCH3 is 1. The van der Waals surface area contributed by atoms with Crippen molar-refractivity contribution < 1.29 is 22.7 Å². The SMILES string of the molecule is COc1cc(C)c(S(=O)(=O)N(C)CCOCC(=O)N2CCC3(CCNCC3)C2)c(C)c1. The van der Waals surface area contributed by atoms with Crippen molar-refractivity contribution in [2.45, 2.75) is 38.0 Å². The Balaban J connectivity index is 1.49. The van der Waals surface area contributed by atoms with Crippen LogP contribution in [0.25, 0.3) is 0 Å². The predicted octanol–water partition coefficient (Wildman–Crippen LogP) is 1.55. The minimum atomic E-state index is -3.66. The van der Waals surface area contributed by atoms with Crippen LogP contribution in [0.3, 0.4) is 0 Å². The van der Waals surface area contributed by atoms with Crippen LogP contribution < -0.4 is 10.1 Å². The van der Waals surface area contributed by atoms with Crippen molar-refractivity contribution in [1.82, 2.24) is 14.5 Å². The van der Waals surface area contributed by atoms with Crippen molar-refractivity contribution in [1.29, 1.82) is 0 Å². The molecule has 2 aliphatic rings. The van der Waals surface area contributed by atoms with E-state index in [0.717, 1.165) is 45.4 Å². The fourth-order valence-corrected chi connectivity index (χ4v) is 6.23. The Morgan fingerprint density at radius 2 is 1.84 bits per heavy atom. The molecule has 174 valence electrons. The van der Waals surface area contributed by atoms with Gasteiger partial charge in [0.1, 0.15) is 12.4 Å². The lowest BCUT2D eigenvalue weighted by Gasteiger charge is -2.33. The van der Waals surface area contributed by atoms with E-state index >= 15 is 0 Å². The van der Waals surface area contributed by atoms with Gasteiger partial charge in [-0.1, -0.05) is 0 Å². The Bertz CT molecular complexity index is 873. The molecule has 9 heteroatoms. The summed E-state index contributed by atoms with van der Waals surface area (Å²) in [5.74, 6) is 0.620. The maximum absolute atomic E-state index is 13.0. The first-order chi connectivity index (χ1) is 14.7. The molecule has 1 aromatic rings. The zero-order valence-corrected chi connectivity index (χ0v) is 19.9. The number of aryl methyl sites for hydroxylation is 2. The summed E-state index contributed by atoms with van der Waals surface area (Å²) < 4.78 is 38.1. The number of hydrogen-bond acceptors (Lipinski definition) is 6. The van der Waals surface area contributed by atoms with E-state index in [1.54, 1.807) is 33.1 Å². The Hall–Kier alpha value is -1.68. The molecular weight excluding hydrogens is 418 g/mol. The van der Waals surface area contributed by atoms with Crippen LogP contribution in [0.4, 0.5) is 0 Å². The zero-order valence-electron chi connectivity index (χ0n) is 19.1. The van der Waals surface area contributed by atoms with Crippen LogP contribution in [0, 0.1) is 19.3 Å². The van der Waals surface area contributed by atoms with Gasteiger partial charge in [0.25, 0.3) is 0 Å². The third-order valence-electron chi connectivity index (χ3n) is 6.57. The van der Waals surface area contributed by atoms with Crippen LogP contribution in [-0.4, -0.2) is 83.6 Å². The maximum atomic E-state index is 13.0. The molecule has 1 amide bonds. The van der Waals surface area contributed by atoms with Gasteiger partial charge < -0.3 is 19.7 Å². The monoisotopic (exact) mass is 453 g/mol. The first kappa shape index (κ1) is 24.0. The molecule has 2 heterocycles. The fourth-order valence-electron chi connectivity index (χ4n) is 4.67. The number of amides is 1. The van der Waals surface area contributed by atoms with Gasteiger partial charge in [-0.2, -0.15) is 4.31 Å². The molecule has 0 bridgehead atoms. The van der Waals surface area contributed by atoms with Gasteiger partial charge in [0.15, 0.2) is 0 Å². The number of carbonyl (C=O) groups is 1. The van der Waals surface area contributed by atoms with Crippen molar-refractivity contribution in [3.63, 3.8) is 0 Å². The lowest BCUT2D eigenvalue weighted by atomic mass is 9.78.